The van der Waals surface area contributed by atoms with Gasteiger partial charge in [0.1, 0.15) is 0 Å². The summed E-state index contributed by atoms with van der Waals surface area (Å²) in [7, 11) is 0. The number of hydrogen-bond donors (Lipinski definition) is 1. The van der Waals surface area contributed by atoms with Gasteiger partial charge in [-0.05, 0) is 6.42 Å². The second-order valence-electron chi connectivity index (χ2n) is 2.47. The summed E-state index contributed by atoms with van der Waals surface area (Å²) in [5.41, 5.74) is 4.76. The fourth-order valence-corrected chi connectivity index (χ4v) is 0.688. The Morgan fingerprint density at radius 1 is 1.58 bits per heavy atom. The third kappa shape index (κ3) is 8.88. The molecule has 68 valence electrons. The largest absolute Gasteiger partial charge is 0.370 e. The van der Waals surface area contributed by atoms with Gasteiger partial charge >= 0.3 is 0 Å². The first-order valence-corrected chi connectivity index (χ1v) is 4.19. The molecule has 0 radical (unpaired) electrons. The molecule has 0 aromatic carbocycles. The highest BCUT2D eigenvalue weighted by atomic mass is 16.1. The van der Waals surface area contributed by atoms with Crippen LogP contribution in [0.3, 0.4) is 0 Å². The van der Waals surface area contributed by atoms with Gasteiger partial charge in [0.2, 0.25) is 5.91 Å². The summed E-state index contributed by atoms with van der Waals surface area (Å²) in [6, 6.07) is 0. The van der Waals surface area contributed by atoms with E-state index in [0.29, 0.717) is 6.42 Å². The van der Waals surface area contributed by atoms with Crippen LogP contribution in [0, 0.1) is 0 Å². The van der Waals surface area contributed by atoms with Gasteiger partial charge in [0.05, 0.1) is 6.54 Å². The lowest BCUT2D eigenvalue weighted by molar-refractivity contribution is -0.118. The quantitative estimate of drug-likeness (QED) is 0.620. The summed E-state index contributed by atoms with van der Waals surface area (Å²) < 4.78 is 0. The van der Waals surface area contributed by atoms with Crippen molar-refractivity contribution in [2.75, 3.05) is 6.54 Å². The monoisotopic (exact) mass is 168 g/mol. The van der Waals surface area contributed by atoms with E-state index in [2.05, 4.69) is 17.1 Å². The summed E-state index contributed by atoms with van der Waals surface area (Å²) in [6.45, 7) is 2.81. The average Bonchev–Trinajstić information content (AvgIpc) is 2.08. The molecule has 1 aliphatic heterocycles. The number of primary amides is 1. The Morgan fingerprint density at radius 3 is 2.42 bits per heavy atom. The molecule has 0 aromatic rings. The van der Waals surface area contributed by atoms with Crippen molar-refractivity contribution in [3.8, 4) is 0 Å². The van der Waals surface area contributed by atoms with Crippen molar-refractivity contribution < 1.29 is 4.79 Å². The van der Waals surface area contributed by atoms with Gasteiger partial charge in [-0.15, -0.1) is 0 Å². The molecule has 1 rings (SSSR count). The molecule has 12 heavy (non-hydrogen) atoms. The summed E-state index contributed by atoms with van der Waals surface area (Å²) >= 11 is 0. The molecule has 3 heteroatoms. The predicted octanol–water partition coefficient (Wildman–Crippen LogP) is 1.29. The number of hydrogen-bond acceptors (Lipinski definition) is 2. The van der Waals surface area contributed by atoms with Crippen molar-refractivity contribution in [2.24, 2.45) is 10.7 Å². The third-order valence-corrected chi connectivity index (χ3v) is 1.24. The molecule has 0 unspecified atom stereocenters. The minimum atomic E-state index is -0.211. The Kier molecular flexibility index (Phi) is 7.24. The first-order valence-electron chi connectivity index (χ1n) is 4.19. The highest BCUT2D eigenvalue weighted by molar-refractivity contribution is 5.73. The maximum absolute atomic E-state index is 9.82. The standard InChI is InChI=1S/C5H7N.C4H9NO/c1-2-4-6-5-3-1;1-2-3-4(5)6/h1-2,5H,3-4H2;2-3H2,1H3,(H2,5,6). The van der Waals surface area contributed by atoms with Gasteiger partial charge in [0, 0.05) is 19.1 Å². The van der Waals surface area contributed by atoms with Crippen LogP contribution < -0.4 is 5.73 Å². The number of rotatable bonds is 2. The van der Waals surface area contributed by atoms with Gasteiger partial charge in [0.25, 0.3) is 0 Å². The van der Waals surface area contributed by atoms with E-state index < -0.39 is 0 Å². The molecule has 0 bridgehead atoms. The lowest BCUT2D eigenvalue weighted by Gasteiger charge is -1.87. The number of aliphatic imine (C=N–C) groups is 1. The van der Waals surface area contributed by atoms with Crippen molar-refractivity contribution >= 4 is 12.1 Å². The molecule has 0 atom stereocenters. The van der Waals surface area contributed by atoms with Crippen LogP contribution in [0.2, 0.25) is 0 Å². The van der Waals surface area contributed by atoms with Crippen LogP contribution in [0.4, 0.5) is 0 Å². The fourth-order valence-electron chi connectivity index (χ4n) is 0.688. The van der Waals surface area contributed by atoms with E-state index in [1.54, 1.807) is 0 Å². The van der Waals surface area contributed by atoms with Crippen LogP contribution in [-0.4, -0.2) is 18.7 Å². The first kappa shape index (κ1) is 10.9. The highest BCUT2D eigenvalue weighted by Gasteiger charge is 1.84. The maximum Gasteiger partial charge on any atom is 0.217 e. The minimum absolute atomic E-state index is 0.211. The smallest absolute Gasteiger partial charge is 0.217 e. The Labute approximate surface area is 73.4 Å². The van der Waals surface area contributed by atoms with Crippen LogP contribution in [0.5, 0.6) is 0 Å². The number of carbonyl (C=O) groups is 1. The summed E-state index contributed by atoms with van der Waals surface area (Å²) in [5, 5.41) is 0. The van der Waals surface area contributed by atoms with Crippen LogP contribution in [0.15, 0.2) is 17.1 Å². The number of allylic oxidation sites excluding steroid dienone is 1. The molecule has 2 N–H and O–H groups in total. The first-order chi connectivity index (χ1) is 5.77. The zero-order valence-corrected chi connectivity index (χ0v) is 7.49. The molecule has 1 heterocycles. The molecule has 3 nitrogen and oxygen atoms in total. The Balaban J connectivity index is 0.000000202. The Morgan fingerprint density at radius 2 is 2.33 bits per heavy atom. The zero-order chi connectivity index (χ0) is 9.23. The molecule has 0 spiro atoms. The number of nitrogens with two attached hydrogens (primary N) is 1. The van der Waals surface area contributed by atoms with Gasteiger partial charge in [0.15, 0.2) is 0 Å². The molecular formula is C9H16N2O. The van der Waals surface area contributed by atoms with E-state index in [0.717, 1.165) is 19.4 Å². The number of amides is 1. The molecular weight excluding hydrogens is 152 g/mol. The van der Waals surface area contributed by atoms with E-state index in [9.17, 15) is 4.79 Å². The van der Waals surface area contributed by atoms with Crippen molar-refractivity contribution in [2.45, 2.75) is 26.2 Å². The molecule has 1 amide bonds. The van der Waals surface area contributed by atoms with E-state index in [4.69, 9.17) is 5.73 Å². The van der Waals surface area contributed by atoms with Crippen molar-refractivity contribution in [3.63, 3.8) is 0 Å². The number of carbonyl (C=O) groups excluding carboxylic acids is 1. The summed E-state index contributed by atoms with van der Waals surface area (Å²) in [5.74, 6) is -0.211. The Bertz CT molecular complexity index is 153. The predicted molar refractivity (Wildman–Crippen MR) is 51.2 cm³/mol. The van der Waals surface area contributed by atoms with E-state index >= 15 is 0 Å². The summed E-state index contributed by atoms with van der Waals surface area (Å²) in [4.78, 5) is 13.8. The van der Waals surface area contributed by atoms with Crippen LogP contribution >= 0.6 is 0 Å². The third-order valence-electron chi connectivity index (χ3n) is 1.24. The van der Waals surface area contributed by atoms with Crippen LogP contribution in [-0.2, 0) is 4.79 Å². The van der Waals surface area contributed by atoms with Gasteiger partial charge in [-0.3, -0.25) is 9.79 Å². The highest BCUT2D eigenvalue weighted by Crippen LogP contribution is 1.85. The number of dihydropyridines is 1. The molecule has 0 fully saturated rings. The SMILES string of the molecule is C1=CCN=CC1.CCCC(N)=O. The molecule has 1 aliphatic rings. The van der Waals surface area contributed by atoms with Gasteiger partial charge in [-0.25, -0.2) is 0 Å². The van der Waals surface area contributed by atoms with Crippen molar-refractivity contribution in [3.05, 3.63) is 12.2 Å². The van der Waals surface area contributed by atoms with Gasteiger partial charge < -0.3 is 5.73 Å². The number of nitrogens with zero attached hydrogens (tertiary/aromatic N) is 1. The van der Waals surface area contributed by atoms with Crippen LogP contribution in [0.1, 0.15) is 26.2 Å². The summed E-state index contributed by atoms with van der Waals surface area (Å²) in [6.07, 6.45) is 8.52. The van der Waals surface area contributed by atoms with Crippen molar-refractivity contribution in [1.82, 2.24) is 0 Å². The van der Waals surface area contributed by atoms with Crippen LogP contribution in [0.25, 0.3) is 0 Å². The average molecular weight is 168 g/mol. The van der Waals surface area contributed by atoms with E-state index in [-0.39, 0.29) is 5.91 Å². The minimum Gasteiger partial charge on any atom is -0.370 e. The molecule has 0 saturated heterocycles. The van der Waals surface area contributed by atoms with E-state index in [1.165, 1.54) is 0 Å². The lowest BCUT2D eigenvalue weighted by Crippen LogP contribution is -2.08. The zero-order valence-electron chi connectivity index (χ0n) is 7.49. The van der Waals surface area contributed by atoms with Gasteiger partial charge in [-0.1, -0.05) is 19.1 Å². The van der Waals surface area contributed by atoms with Crippen molar-refractivity contribution in [1.29, 1.82) is 0 Å². The molecule has 0 aromatic heterocycles. The molecule has 0 aliphatic carbocycles. The Hall–Kier alpha value is -1.12. The maximum atomic E-state index is 9.82. The normalized spacial score (nSPS) is 13.4. The second-order valence-corrected chi connectivity index (χ2v) is 2.47. The molecule has 0 saturated carbocycles. The second kappa shape index (κ2) is 7.98. The lowest BCUT2D eigenvalue weighted by atomic mass is 10.3. The topological polar surface area (TPSA) is 55.4 Å². The van der Waals surface area contributed by atoms with Gasteiger partial charge in [-0.2, -0.15) is 0 Å². The fraction of sp³-hybridized carbons (Fsp3) is 0.556. The van der Waals surface area contributed by atoms with E-state index in [1.807, 2.05) is 13.1 Å².